The Kier molecular flexibility index (Phi) is 3.27. The number of benzene rings is 1. The van der Waals surface area contributed by atoms with Gasteiger partial charge in [-0.15, -0.1) is 0 Å². The molecule has 0 aliphatic carbocycles. The predicted molar refractivity (Wildman–Crippen MR) is 59.9 cm³/mol. The maximum absolute atomic E-state index is 13.3. The first kappa shape index (κ1) is 12.5. The molecule has 0 spiro atoms. The summed E-state index contributed by atoms with van der Waals surface area (Å²) in [6, 6.07) is 2.82. The predicted octanol–water partition coefficient (Wildman–Crippen LogP) is 0.925. The Morgan fingerprint density at radius 1 is 1.39 bits per heavy atom. The van der Waals surface area contributed by atoms with Crippen LogP contribution in [0.15, 0.2) is 18.2 Å². The number of nitrogens with zero attached hydrogens (tertiary/aromatic N) is 1. The van der Waals surface area contributed by atoms with E-state index < -0.39 is 29.1 Å². The molecule has 1 saturated heterocycles. The van der Waals surface area contributed by atoms with Gasteiger partial charge in [0.1, 0.15) is 17.2 Å². The summed E-state index contributed by atoms with van der Waals surface area (Å²) >= 11 is 0. The number of likely N-dealkylation sites (N-methyl/N-ethyl adjacent to an activating group) is 1. The van der Waals surface area contributed by atoms with E-state index in [1.807, 2.05) is 0 Å². The Hall–Kier alpha value is -1.98. The third kappa shape index (κ3) is 2.32. The lowest BCUT2D eigenvalue weighted by Crippen LogP contribution is -2.37. The van der Waals surface area contributed by atoms with E-state index in [0.717, 1.165) is 12.1 Å². The normalized spacial score (nSPS) is 19.2. The smallest absolute Gasteiger partial charge is 0.257 e. The lowest BCUT2D eigenvalue weighted by molar-refractivity contribution is -0.126. The van der Waals surface area contributed by atoms with Gasteiger partial charge in [0.15, 0.2) is 0 Å². The first-order valence-electron chi connectivity index (χ1n) is 5.48. The molecule has 1 aliphatic heterocycles. The monoisotopic (exact) mass is 254 g/mol. The molecule has 1 N–H and O–H groups in total. The second-order valence-corrected chi connectivity index (χ2v) is 4.25. The van der Waals surface area contributed by atoms with Crippen LogP contribution in [0.25, 0.3) is 0 Å². The summed E-state index contributed by atoms with van der Waals surface area (Å²) in [5.41, 5.74) is -0.612. The van der Waals surface area contributed by atoms with E-state index in [2.05, 4.69) is 5.32 Å². The average molecular weight is 254 g/mol. The molecule has 96 valence electrons. The van der Waals surface area contributed by atoms with Crippen molar-refractivity contribution in [1.29, 1.82) is 0 Å². The summed E-state index contributed by atoms with van der Waals surface area (Å²) in [6.07, 6.45) is 0.151. The highest BCUT2D eigenvalue weighted by Gasteiger charge is 2.29. The van der Waals surface area contributed by atoms with E-state index in [1.165, 1.54) is 11.0 Å². The highest BCUT2D eigenvalue weighted by molar-refractivity contribution is 5.95. The van der Waals surface area contributed by atoms with E-state index >= 15 is 0 Å². The molecule has 0 radical (unpaired) electrons. The van der Waals surface area contributed by atoms with E-state index in [4.69, 9.17) is 0 Å². The fourth-order valence-electron chi connectivity index (χ4n) is 1.93. The average Bonchev–Trinajstić information content (AvgIpc) is 2.57. The maximum atomic E-state index is 13.3. The van der Waals surface area contributed by atoms with E-state index in [1.54, 1.807) is 7.05 Å². The van der Waals surface area contributed by atoms with Crippen molar-refractivity contribution >= 4 is 11.8 Å². The van der Waals surface area contributed by atoms with Crippen molar-refractivity contribution in [2.24, 2.45) is 0 Å². The van der Waals surface area contributed by atoms with Gasteiger partial charge >= 0.3 is 0 Å². The number of carbonyl (C=O) groups excluding carboxylic acids is 2. The van der Waals surface area contributed by atoms with Gasteiger partial charge in [-0.25, -0.2) is 8.78 Å². The minimum atomic E-state index is -0.912. The maximum Gasteiger partial charge on any atom is 0.257 e. The molecule has 1 aromatic carbocycles. The first-order chi connectivity index (χ1) is 8.49. The topological polar surface area (TPSA) is 49.4 Å². The summed E-state index contributed by atoms with van der Waals surface area (Å²) < 4.78 is 26.7. The van der Waals surface area contributed by atoms with Gasteiger partial charge in [-0.2, -0.15) is 0 Å². The third-order valence-corrected chi connectivity index (χ3v) is 2.87. The lowest BCUT2D eigenvalue weighted by Gasteiger charge is -2.13. The molecule has 6 heteroatoms. The Labute approximate surface area is 103 Å². The van der Waals surface area contributed by atoms with Crippen molar-refractivity contribution < 1.29 is 18.4 Å². The molecule has 2 amide bonds. The van der Waals surface area contributed by atoms with Crippen LogP contribution in [0.1, 0.15) is 16.8 Å². The standard InChI is InChI=1S/C12H12F2N2O2/c1-16-6-7(5-10(16)17)15-12(18)11-8(13)3-2-4-9(11)14/h2-4,7H,5-6H2,1H3,(H,15,18). The van der Waals surface area contributed by atoms with Crippen LogP contribution in [0.2, 0.25) is 0 Å². The first-order valence-corrected chi connectivity index (χ1v) is 5.48. The molecule has 0 saturated carbocycles. The Balaban J connectivity index is 2.11. The fourth-order valence-corrected chi connectivity index (χ4v) is 1.93. The molecule has 4 nitrogen and oxygen atoms in total. The Morgan fingerprint density at radius 3 is 2.50 bits per heavy atom. The van der Waals surface area contributed by atoms with Crippen LogP contribution in [0.3, 0.4) is 0 Å². The van der Waals surface area contributed by atoms with Crippen molar-refractivity contribution in [3.05, 3.63) is 35.4 Å². The van der Waals surface area contributed by atoms with Crippen molar-refractivity contribution in [3.63, 3.8) is 0 Å². The number of halogens is 2. The fraction of sp³-hybridized carbons (Fsp3) is 0.333. The summed E-state index contributed by atoms with van der Waals surface area (Å²) in [6.45, 7) is 0.348. The summed E-state index contributed by atoms with van der Waals surface area (Å²) in [5, 5.41) is 2.46. The summed E-state index contributed by atoms with van der Waals surface area (Å²) in [4.78, 5) is 24.5. The molecule has 1 atom stereocenters. The van der Waals surface area contributed by atoms with Crippen molar-refractivity contribution in [1.82, 2.24) is 10.2 Å². The SMILES string of the molecule is CN1CC(NC(=O)c2c(F)cccc2F)CC1=O. The number of rotatable bonds is 2. The van der Waals surface area contributed by atoms with E-state index in [9.17, 15) is 18.4 Å². The zero-order chi connectivity index (χ0) is 13.3. The number of amides is 2. The van der Waals surface area contributed by atoms with Crippen LogP contribution in [-0.4, -0.2) is 36.3 Å². The van der Waals surface area contributed by atoms with E-state index in [0.29, 0.717) is 6.54 Å². The number of nitrogens with one attached hydrogen (secondary N) is 1. The molecule has 1 aromatic rings. The van der Waals surface area contributed by atoms with E-state index in [-0.39, 0.29) is 12.3 Å². The lowest BCUT2D eigenvalue weighted by atomic mass is 10.1. The van der Waals surface area contributed by atoms with Crippen LogP contribution in [0.5, 0.6) is 0 Å². The quantitative estimate of drug-likeness (QED) is 0.853. The second-order valence-electron chi connectivity index (χ2n) is 4.25. The molecule has 1 unspecified atom stereocenters. The molecule has 2 rings (SSSR count). The van der Waals surface area contributed by atoms with Crippen LogP contribution in [0.4, 0.5) is 8.78 Å². The van der Waals surface area contributed by atoms with Crippen molar-refractivity contribution in [2.75, 3.05) is 13.6 Å². The minimum Gasteiger partial charge on any atom is -0.347 e. The molecular weight excluding hydrogens is 242 g/mol. The van der Waals surface area contributed by atoms with Crippen LogP contribution >= 0.6 is 0 Å². The Morgan fingerprint density at radius 2 is 2.00 bits per heavy atom. The molecule has 18 heavy (non-hydrogen) atoms. The Bertz CT molecular complexity index is 485. The molecule has 0 bridgehead atoms. The highest BCUT2D eigenvalue weighted by Crippen LogP contribution is 2.14. The number of hydrogen-bond donors (Lipinski definition) is 1. The van der Waals surface area contributed by atoms with Crippen LogP contribution in [0, 0.1) is 11.6 Å². The third-order valence-electron chi connectivity index (χ3n) is 2.87. The summed E-state index contributed by atoms with van der Waals surface area (Å²) in [7, 11) is 1.61. The van der Waals surface area contributed by atoms with Crippen LogP contribution in [-0.2, 0) is 4.79 Å². The number of hydrogen-bond acceptors (Lipinski definition) is 2. The minimum absolute atomic E-state index is 0.102. The highest BCUT2D eigenvalue weighted by atomic mass is 19.1. The van der Waals surface area contributed by atoms with Gasteiger partial charge in [0.05, 0.1) is 6.04 Å². The molecule has 0 aromatic heterocycles. The van der Waals surface area contributed by atoms with Crippen molar-refractivity contribution in [3.8, 4) is 0 Å². The number of carbonyl (C=O) groups is 2. The molecule has 1 fully saturated rings. The van der Waals surface area contributed by atoms with Gasteiger partial charge in [0, 0.05) is 20.0 Å². The van der Waals surface area contributed by atoms with Gasteiger partial charge < -0.3 is 10.2 Å². The van der Waals surface area contributed by atoms with Gasteiger partial charge in [-0.1, -0.05) is 6.07 Å². The van der Waals surface area contributed by atoms with Gasteiger partial charge in [-0.3, -0.25) is 9.59 Å². The zero-order valence-electron chi connectivity index (χ0n) is 9.74. The van der Waals surface area contributed by atoms with Crippen LogP contribution < -0.4 is 5.32 Å². The number of likely N-dealkylation sites (tertiary alicyclic amines) is 1. The molecule has 1 heterocycles. The van der Waals surface area contributed by atoms with Gasteiger partial charge in [0.25, 0.3) is 5.91 Å². The van der Waals surface area contributed by atoms with Gasteiger partial charge in [0.2, 0.25) is 5.91 Å². The molecule has 1 aliphatic rings. The second kappa shape index (κ2) is 4.72. The van der Waals surface area contributed by atoms with Crippen molar-refractivity contribution in [2.45, 2.75) is 12.5 Å². The summed E-state index contributed by atoms with van der Waals surface area (Å²) in [5.74, 6) is -2.76. The molecular formula is C12H12F2N2O2. The zero-order valence-corrected chi connectivity index (χ0v) is 9.74. The largest absolute Gasteiger partial charge is 0.347 e. The van der Waals surface area contributed by atoms with Gasteiger partial charge in [-0.05, 0) is 12.1 Å².